The van der Waals surface area contributed by atoms with Crippen molar-refractivity contribution in [1.29, 1.82) is 5.26 Å². The van der Waals surface area contributed by atoms with Crippen molar-refractivity contribution in [3.63, 3.8) is 0 Å². The first-order valence-corrected chi connectivity index (χ1v) is 10.7. The molecule has 2 aromatic carbocycles. The van der Waals surface area contributed by atoms with E-state index in [0.29, 0.717) is 17.3 Å². The number of hydrogen-bond donors (Lipinski definition) is 1. The van der Waals surface area contributed by atoms with E-state index >= 15 is 0 Å². The van der Waals surface area contributed by atoms with Crippen LogP contribution >= 0.6 is 0 Å². The molecular formula is C26H27N3O3. The van der Waals surface area contributed by atoms with Gasteiger partial charge in [-0.05, 0) is 48.2 Å². The molecule has 164 valence electrons. The van der Waals surface area contributed by atoms with Gasteiger partial charge in [-0.1, -0.05) is 57.2 Å². The highest BCUT2D eigenvalue weighted by Crippen LogP contribution is 2.24. The molecule has 3 rings (SSSR count). The topological polar surface area (TPSA) is 84.2 Å². The lowest BCUT2D eigenvalue weighted by atomic mass is 10.0. The number of nitrogens with zero attached hydrogens (tertiary/aromatic N) is 2. The Balaban J connectivity index is 1.72. The first-order chi connectivity index (χ1) is 15.5. The van der Waals surface area contributed by atoms with Crippen molar-refractivity contribution in [2.24, 2.45) is 5.92 Å². The molecule has 2 unspecified atom stereocenters. The van der Waals surface area contributed by atoms with E-state index in [1.54, 1.807) is 18.2 Å². The number of aryl methyl sites for hydroxylation is 1. The molecule has 0 aliphatic carbocycles. The van der Waals surface area contributed by atoms with Gasteiger partial charge in [-0.25, -0.2) is 9.78 Å². The molecule has 3 aromatic rings. The highest BCUT2D eigenvalue weighted by Gasteiger charge is 2.28. The van der Waals surface area contributed by atoms with Gasteiger partial charge in [0, 0.05) is 11.8 Å². The monoisotopic (exact) mass is 429 g/mol. The lowest BCUT2D eigenvalue weighted by Gasteiger charge is -2.23. The van der Waals surface area contributed by atoms with Crippen molar-refractivity contribution < 1.29 is 14.3 Å². The average Bonchev–Trinajstić information content (AvgIpc) is 2.82. The SMILES string of the molecule is CCc1ccc(NC(C(=O)OC(C#N)c2cccc(Oc3ccccc3)n2)C(C)C)cc1. The number of aromatic nitrogens is 1. The second-order valence-corrected chi connectivity index (χ2v) is 7.68. The number of pyridine rings is 1. The van der Waals surface area contributed by atoms with Gasteiger partial charge < -0.3 is 14.8 Å². The fourth-order valence-corrected chi connectivity index (χ4v) is 3.10. The molecule has 0 saturated carbocycles. The summed E-state index contributed by atoms with van der Waals surface area (Å²) in [5.74, 6) is 0.385. The maximum absolute atomic E-state index is 12.9. The van der Waals surface area contributed by atoms with Crippen molar-refractivity contribution in [3.05, 3.63) is 84.1 Å². The maximum atomic E-state index is 12.9. The van der Waals surface area contributed by atoms with Crippen molar-refractivity contribution in [2.75, 3.05) is 5.32 Å². The minimum Gasteiger partial charge on any atom is -0.439 e. The van der Waals surface area contributed by atoms with Crippen LogP contribution in [0, 0.1) is 17.2 Å². The molecule has 1 heterocycles. The van der Waals surface area contributed by atoms with Gasteiger partial charge in [-0.15, -0.1) is 0 Å². The van der Waals surface area contributed by atoms with Crippen LogP contribution in [0.1, 0.15) is 38.1 Å². The Labute approximate surface area is 188 Å². The van der Waals surface area contributed by atoms with Crippen molar-refractivity contribution in [3.8, 4) is 17.7 Å². The molecule has 0 aliphatic heterocycles. The van der Waals surface area contributed by atoms with Gasteiger partial charge in [0.05, 0.1) is 5.69 Å². The molecule has 0 amide bonds. The lowest BCUT2D eigenvalue weighted by molar-refractivity contribution is -0.149. The van der Waals surface area contributed by atoms with Crippen molar-refractivity contribution in [1.82, 2.24) is 4.98 Å². The molecule has 1 N–H and O–H groups in total. The van der Waals surface area contributed by atoms with Crippen LogP contribution in [0.5, 0.6) is 11.6 Å². The zero-order valence-corrected chi connectivity index (χ0v) is 18.5. The second kappa shape index (κ2) is 11.0. The van der Waals surface area contributed by atoms with Gasteiger partial charge in [0.2, 0.25) is 12.0 Å². The van der Waals surface area contributed by atoms with Crippen LogP contribution in [0.2, 0.25) is 0 Å². The largest absolute Gasteiger partial charge is 0.439 e. The summed E-state index contributed by atoms with van der Waals surface area (Å²) in [7, 11) is 0. The molecule has 2 atom stereocenters. The summed E-state index contributed by atoms with van der Waals surface area (Å²) < 4.78 is 11.3. The number of rotatable bonds is 9. The van der Waals surface area contributed by atoms with Crippen molar-refractivity contribution >= 4 is 11.7 Å². The number of carbonyl (C=O) groups is 1. The van der Waals surface area contributed by atoms with E-state index in [-0.39, 0.29) is 5.92 Å². The number of esters is 1. The summed E-state index contributed by atoms with van der Waals surface area (Å²) in [5, 5.41) is 12.9. The summed E-state index contributed by atoms with van der Waals surface area (Å²) in [6.07, 6.45) is -0.202. The van der Waals surface area contributed by atoms with Crippen LogP contribution in [0.15, 0.2) is 72.8 Å². The van der Waals surface area contributed by atoms with Gasteiger partial charge >= 0.3 is 5.97 Å². The third kappa shape index (κ3) is 6.08. The number of anilines is 1. The third-order valence-electron chi connectivity index (χ3n) is 4.94. The van der Waals surface area contributed by atoms with Crippen LogP contribution in [0.3, 0.4) is 0 Å². The molecule has 1 aromatic heterocycles. The predicted molar refractivity (Wildman–Crippen MR) is 123 cm³/mol. The van der Waals surface area contributed by atoms with Gasteiger partial charge in [-0.2, -0.15) is 5.26 Å². The fourth-order valence-electron chi connectivity index (χ4n) is 3.10. The molecule has 0 aliphatic rings. The Morgan fingerprint density at radius 2 is 1.75 bits per heavy atom. The molecule has 0 radical (unpaired) electrons. The number of carbonyl (C=O) groups excluding carboxylic acids is 1. The van der Waals surface area contributed by atoms with Crippen LogP contribution in [0.4, 0.5) is 5.69 Å². The molecule has 0 saturated heterocycles. The first-order valence-electron chi connectivity index (χ1n) is 10.7. The van der Waals surface area contributed by atoms with E-state index in [1.165, 1.54) is 5.56 Å². The zero-order chi connectivity index (χ0) is 22.9. The van der Waals surface area contributed by atoms with Gasteiger partial charge in [-0.3, -0.25) is 0 Å². The number of para-hydroxylation sites is 1. The number of benzene rings is 2. The van der Waals surface area contributed by atoms with E-state index in [9.17, 15) is 10.1 Å². The number of nitriles is 1. The van der Waals surface area contributed by atoms with Crippen molar-refractivity contribution in [2.45, 2.75) is 39.3 Å². The quantitative estimate of drug-likeness (QED) is 0.441. The Morgan fingerprint density at radius 3 is 2.38 bits per heavy atom. The molecule has 32 heavy (non-hydrogen) atoms. The van der Waals surface area contributed by atoms with Crippen LogP contribution in [-0.2, 0) is 16.0 Å². The summed E-state index contributed by atoms with van der Waals surface area (Å²) in [6.45, 7) is 5.94. The molecule has 6 heteroatoms. The highest BCUT2D eigenvalue weighted by molar-refractivity contribution is 5.80. The summed E-state index contributed by atoms with van der Waals surface area (Å²) in [4.78, 5) is 17.3. The number of hydrogen-bond acceptors (Lipinski definition) is 6. The average molecular weight is 430 g/mol. The van der Waals surface area contributed by atoms with Gasteiger partial charge in [0.1, 0.15) is 17.9 Å². The van der Waals surface area contributed by atoms with Gasteiger partial charge in [0.15, 0.2) is 0 Å². The van der Waals surface area contributed by atoms with E-state index < -0.39 is 18.1 Å². The molecule has 0 spiro atoms. The van der Waals surface area contributed by atoms with Crippen LogP contribution in [0.25, 0.3) is 0 Å². The Bertz CT molecular complexity index is 1060. The molecule has 0 fully saturated rings. The third-order valence-corrected chi connectivity index (χ3v) is 4.94. The van der Waals surface area contributed by atoms with E-state index in [4.69, 9.17) is 9.47 Å². The maximum Gasteiger partial charge on any atom is 0.330 e. The van der Waals surface area contributed by atoms with Crippen LogP contribution < -0.4 is 10.1 Å². The number of nitrogens with one attached hydrogen (secondary N) is 1. The normalized spacial score (nSPS) is 12.5. The Hall–Kier alpha value is -3.85. The molecule has 6 nitrogen and oxygen atoms in total. The van der Waals surface area contributed by atoms with Crippen LogP contribution in [-0.4, -0.2) is 17.0 Å². The fraction of sp³-hybridized carbons (Fsp3) is 0.269. The first kappa shape index (κ1) is 22.8. The number of ether oxygens (including phenoxy) is 2. The lowest BCUT2D eigenvalue weighted by Crippen LogP contribution is -2.36. The minimum atomic E-state index is -1.15. The zero-order valence-electron chi connectivity index (χ0n) is 18.5. The van der Waals surface area contributed by atoms with Gasteiger partial charge in [0.25, 0.3) is 0 Å². The van der Waals surface area contributed by atoms with E-state index in [0.717, 1.165) is 12.1 Å². The highest BCUT2D eigenvalue weighted by atomic mass is 16.5. The summed E-state index contributed by atoms with van der Waals surface area (Å²) in [6, 6.07) is 23.6. The van der Waals surface area contributed by atoms with E-state index in [2.05, 4.69) is 17.2 Å². The Kier molecular flexibility index (Phi) is 7.82. The molecular weight excluding hydrogens is 402 g/mol. The summed E-state index contributed by atoms with van der Waals surface area (Å²) in [5.41, 5.74) is 2.35. The summed E-state index contributed by atoms with van der Waals surface area (Å²) >= 11 is 0. The second-order valence-electron chi connectivity index (χ2n) is 7.68. The smallest absolute Gasteiger partial charge is 0.330 e. The molecule has 0 bridgehead atoms. The van der Waals surface area contributed by atoms with E-state index in [1.807, 2.05) is 74.5 Å². The predicted octanol–water partition coefficient (Wildman–Crippen LogP) is 5.68. The minimum absolute atomic E-state index is 0.0478. The Morgan fingerprint density at radius 1 is 1.03 bits per heavy atom. The standard InChI is InChI=1S/C26H27N3O3/c1-4-19-13-15-20(16-14-19)28-25(18(2)3)26(30)32-23(17-27)22-11-8-12-24(29-22)31-21-9-6-5-7-10-21/h5-16,18,23,25,28H,4H2,1-3H3.